The van der Waals surface area contributed by atoms with Crippen LogP contribution in [0.15, 0.2) is 12.4 Å². The maximum atomic E-state index is 11.1. The molecule has 0 aromatic carbocycles. The van der Waals surface area contributed by atoms with Crippen LogP contribution in [-0.2, 0) is 4.74 Å². The molecule has 80 valence electrons. The highest BCUT2D eigenvalue weighted by molar-refractivity contribution is 5.86. The van der Waals surface area contributed by atoms with Crippen molar-refractivity contribution >= 4 is 5.97 Å². The van der Waals surface area contributed by atoms with Crippen LogP contribution in [0, 0.1) is 5.92 Å². The summed E-state index contributed by atoms with van der Waals surface area (Å²) in [4.78, 5) is 19.0. The van der Waals surface area contributed by atoms with Crippen LogP contribution >= 0.6 is 0 Å². The van der Waals surface area contributed by atoms with Gasteiger partial charge in [0.1, 0.15) is 0 Å². The van der Waals surface area contributed by atoms with E-state index in [2.05, 4.69) is 14.7 Å². The molecule has 1 aromatic heterocycles. The van der Waals surface area contributed by atoms with Gasteiger partial charge in [0.25, 0.3) is 0 Å². The van der Waals surface area contributed by atoms with Crippen molar-refractivity contribution in [3.63, 3.8) is 0 Å². The Labute approximate surface area is 87.4 Å². The number of esters is 1. The monoisotopic (exact) mass is 208 g/mol. The van der Waals surface area contributed by atoms with Gasteiger partial charge in [-0.2, -0.15) is 0 Å². The number of aromatic nitrogens is 2. The Hall–Kier alpha value is -1.65. The van der Waals surface area contributed by atoms with Crippen LogP contribution < -0.4 is 4.74 Å². The normalized spacial score (nSPS) is 14.7. The molecule has 15 heavy (non-hydrogen) atoms. The second-order valence-electron chi connectivity index (χ2n) is 3.49. The molecular formula is C10H12N2O3. The van der Waals surface area contributed by atoms with Crippen molar-refractivity contribution in [1.82, 2.24) is 9.97 Å². The summed E-state index contributed by atoms with van der Waals surface area (Å²) in [5, 5.41) is 0. The van der Waals surface area contributed by atoms with Gasteiger partial charge in [0, 0.05) is 0 Å². The first-order chi connectivity index (χ1) is 7.29. The number of hydrogen-bond acceptors (Lipinski definition) is 5. The fourth-order valence-corrected chi connectivity index (χ4v) is 1.11. The highest BCUT2D eigenvalue weighted by Crippen LogP contribution is 2.29. The molecule has 0 atom stereocenters. The fourth-order valence-electron chi connectivity index (χ4n) is 1.11. The minimum Gasteiger partial charge on any atom is -0.476 e. The van der Waals surface area contributed by atoms with Crippen LogP contribution in [0.3, 0.4) is 0 Å². The van der Waals surface area contributed by atoms with E-state index in [0.29, 0.717) is 18.4 Å². The number of hydrogen-bond donors (Lipinski definition) is 0. The molecule has 1 aliphatic carbocycles. The number of ether oxygens (including phenoxy) is 2. The van der Waals surface area contributed by atoms with Gasteiger partial charge in [-0.05, 0) is 18.8 Å². The lowest BCUT2D eigenvalue weighted by atomic mass is 10.4. The van der Waals surface area contributed by atoms with Crippen molar-refractivity contribution in [2.24, 2.45) is 5.92 Å². The van der Waals surface area contributed by atoms with Crippen molar-refractivity contribution in [2.75, 3.05) is 13.7 Å². The quantitative estimate of drug-likeness (QED) is 0.692. The van der Waals surface area contributed by atoms with E-state index in [9.17, 15) is 4.79 Å². The van der Waals surface area contributed by atoms with Crippen LogP contribution in [-0.4, -0.2) is 29.7 Å². The topological polar surface area (TPSA) is 61.3 Å². The molecule has 0 N–H and O–H groups in total. The molecule has 1 heterocycles. The lowest BCUT2D eigenvalue weighted by Gasteiger charge is -2.04. The number of carbonyl (C=O) groups excluding carboxylic acids is 1. The summed E-state index contributed by atoms with van der Waals surface area (Å²) in [6.45, 7) is 0.652. The molecular weight excluding hydrogens is 196 g/mol. The highest BCUT2D eigenvalue weighted by Gasteiger charge is 2.22. The number of methoxy groups -OCH3 is 1. The Morgan fingerprint density at radius 1 is 1.53 bits per heavy atom. The smallest absolute Gasteiger partial charge is 0.358 e. The standard InChI is InChI=1S/C10H12N2O3/c1-14-10(13)8-4-11-5-9(12-8)15-6-7-2-3-7/h4-5,7H,2-3,6H2,1H3. The van der Waals surface area contributed by atoms with E-state index < -0.39 is 5.97 Å². The Kier molecular flexibility index (Phi) is 2.80. The lowest BCUT2D eigenvalue weighted by molar-refractivity contribution is 0.0592. The number of rotatable bonds is 4. The zero-order valence-corrected chi connectivity index (χ0v) is 8.47. The van der Waals surface area contributed by atoms with Gasteiger partial charge in [0.05, 0.1) is 26.1 Å². The Morgan fingerprint density at radius 2 is 2.33 bits per heavy atom. The second kappa shape index (κ2) is 4.25. The van der Waals surface area contributed by atoms with Gasteiger partial charge < -0.3 is 9.47 Å². The average molecular weight is 208 g/mol. The summed E-state index contributed by atoms with van der Waals surface area (Å²) < 4.78 is 9.92. The fraction of sp³-hybridized carbons (Fsp3) is 0.500. The number of nitrogens with zero attached hydrogens (tertiary/aromatic N) is 2. The summed E-state index contributed by atoms with van der Waals surface area (Å²) in [7, 11) is 1.31. The van der Waals surface area contributed by atoms with Gasteiger partial charge in [0.15, 0.2) is 5.69 Å². The molecule has 1 aromatic rings. The van der Waals surface area contributed by atoms with Crippen LogP contribution in [0.1, 0.15) is 23.3 Å². The molecule has 1 fully saturated rings. The molecule has 2 rings (SSSR count). The van der Waals surface area contributed by atoms with E-state index in [4.69, 9.17) is 4.74 Å². The van der Waals surface area contributed by atoms with Crippen molar-refractivity contribution in [3.05, 3.63) is 18.1 Å². The third kappa shape index (κ3) is 2.65. The predicted molar refractivity (Wildman–Crippen MR) is 51.6 cm³/mol. The van der Waals surface area contributed by atoms with Crippen molar-refractivity contribution < 1.29 is 14.3 Å². The van der Waals surface area contributed by atoms with Crippen LogP contribution in [0.4, 0.5) is 0 Å². The molecule has 0 amide bonds. The SMILES string of the molecule is COC(=O)c1cncc(OCC2CC2)n1. The van der Waals surface area contributed by atoms with E-state index in [-0.39, 0.29) is 5.69 Å². The summed E-state index contributed by atoms with van der Waals surface area (Å²) in [5.74, 6) is 0.526. The minimum atomic E-state index is -0.501. The van der Waals surface area contributed by atoms with Gasteiger partial charge in [-0.3, -0.25) is 4.98 Å². The minimum absolute atomic E-state index is 0.172. The molecule has 0 saturated heterocycles. The summed E-state index contributed by atoms with van der Waals surface area (Å²) in [5.41, 5.74) is 0.172. The third-order valence-corrected chi connectivity index (χ3v) is 2.17. The van der Waals surface area contributed by atoms with Gasteiger partial charge in [-0.25, -0.2) is 9.78 Å². The molecule has 0 spiro atoms. The summed E-state index contributed by atoms with van der Waals surface area (Å²) in [6, 6.07) is 0. The molecule has 5 heteroatoms. The van der Waals surface area contributed by atoms with Crippen molar-refractivity contribution in [2.45, 2.75) is 12.8 Å². The zero-order chi connectivity index (χ0) is 10.7. The largest absolute Gasteiger partial charge is 0.476 e. The van der Waals surface area contributed by atoms with E-state index in [1.54, 1.807) is 0 Å². The van der Waals surface area contributed by atoms with Crippen molar-refractivity contribution in [1.29, 1.82) is 0 Å². The molecule has 5 nitrogen and oxygen atoms in total. The first-order valence-corrected chi connectivity index (χ1v) is 4.83. The first-order valence-electron chi connectivity index (χ1n) is 4.83. The van der Waals surface area contributed by atoms with E-state index in [1.807, 2.05) is 0 Å². The Morgan fingerprint density at radius 3 is 3.00 bits per heavy atom. The first kappa shape index (κ1) is 9.89. The highest BCUT2D eigenvalue weighted by atomic mass is 16.5. The molecule has 1 saturated carbocycles. The van der Waals surface area contributed by atoms with E-state index in [1.165, 1.54) is 32.3 Å². The third-order valence-electron chi connectivity index (χ3n) is 2.17. The van der Waals surface area contributed by atoms with E-state index in [0.717, 1.165) is 0 Å². The van der Waals surface area contributed by atoms with Gasteiger partial charge in [-0.15, -0.1) is 0 Å². The molecule has 0 bridgehead atoms. The van der Waals surface area contributed by atoms with Gasteiger partial charge >= 0.3 is 5.97 Å². The average Bonchev–Trinajstić information content (AvgIpc) is 3.09. The van der Waals surface area contributed by atoms with E-state index >= 15 is 0 Å². The van der Waals surface area contributed by atoms with Crippen LogP contribution in [0.25, 0.3) is 0 Å². The maximum absolute atomic E-state index is 11.1. The Balaban J connectivity index is 2.00. The predicted octanol–water partition coefficient (Wildman–Crippen LogP) is 1.05. The van der Waals surface area contributed by atoms with Gasteiger partial charge in [-0.1, -0.05) is 0 Å². The van der Waals surface area contributed by atoms with Crippen molar-refractivity contribution in [3.8, 4) is 5.88 Å². The van der Waals surface area contributed by atoms with Crippen LogP contribution in [0.2, 0.25) is 0 Å². The lowest BCUT2D eigenvalue weighted by Crippen LogP contribution is -2.07. The van der Waals surface area contributed by atoms with Gasteiger partial charge in [0.2, 0.25) is 5.88 Å². The zero-order valence-electron chi connectivity index (χ0n) is 8.47. The molecule has 0 unspecified atom stereocenters. The summed E-state index contributed by atoms with van der Waals surface area (Å²) in [6.07, 6.45) is 5.28. The second-order valence-corrected chi connectivity index (χ2v) is 3.49. The Bertz CT molecular complexity index is 363. The molecule has 1 aliphatic rings. The van der Waals surface area contributed by atoms with Crippen LogP contribution in [0.5, 0.6) is 5.88 Å². The summed E-state index contributed by atoms with van der Waals surface area (Å²) >= 11 is 0. The molecule has 0 aliphatic heterocycles. The number of carbonyl (C=O) groups is 1. The maximum Gasteiger partial charge on any atom is 0.358 e. The molecule has 0 radical (unpaired) electrons.